The standard InChI is InChI=1S/C22H26N2O4/c1-4-17(18-8-6-5-7-9-18)14-23-21(26)15(2)28-22(27)19-10-12-20(13-11-19)24-16(3)25/h5-13,15,17H,4,14H2,1-3H3,(H,23,26)(H,24,25)/t15-,17+/m1/s1. The molecule has 0 spiro atoms. The van der Waals surface area contributed by atoms with Gasteiger partial charge in [0.15, 0.2) is 6.10 Å². The molecular weight excluding hydrogens is 356 g/mol. The molecule has 6 heteroatoms. The minimum absolute atomic E-state index is 0.193. The number of nitrogens with one attached hydrogen (secondary N) is 2. The van der Waals surface area contributed by atoms with E-state index < -0.39 is 12.1 Å². The summed E-state index contributed by atoms with van der Waals surface area (Å²) >= 11 is 0. The summed E-state index contributed by atoms with van der Waals surface area (Å²) in [6.45, 7) is 5.50. The first-order valence-corrected chi connectivity index (χ1v) is 9.32. The van der Waals surface area contributed by atoms with Gasteiger partial charge in [0.05, 0.1) is 5.56 Å². The normalized spacial score (nSPS) is 12.5. The Bertz CT molecular complexity index is 803. The Morgan fingerprint density at radius 3 is 2.21 bits per heavy atom. The van der Waals surface area contributed by atoms with Crippen LogP contribution in [0.15, 0.2) is 54.6 Å². The van der Waals surface area contributed by atoms with E-state index in [1.165, 1.54) is 6.92 Å². The van der Waals surface area contributed by atoms with Crippen molar-refractivity contribution in [1.29, 1.82) is 0 Å². The molecule has 0 heterocycles. The number of carbonyl (C=O) groups is 3. The number of hydrogen-bond donors (Lipinski definition) is 2. The Balaban J connectivity index is 1.87. The third kappa shape index (κ3) is 6.23. The molecule has 0 aliphatic heterocycles. The quantitative estimate of drug-likeness (QED) is 0.685. The van der Waals surface area contributed by atoms with Gasteiger partial charge in [0.25, 0.3) is 5.91 Å². The Labute approximate surface area is 165 Å². The zero-order valence-corrected chi connectivity index (χ0v) is 16.4. The fourth-order valence-electron chi connectivity index (χ4n) is 2.77. The summed E-state index contributed by atoms with van der Waals surface area (Å²) in [5.41, 5.74) is 2.06. The average molecular weight is 382 g/mol. The molecule has 0 radical (unpaired) electrons. The molecule has 2 aromatic rings. The second kappa shape index (κ2) is 10.3. The summed E-state index contributed by atoms with van der Waals surface area (Å²) in [5, 5.41) is 5.48. The van der Waals surface area contributed by atoms with Crippen LogP contribution in [-0.4, -0.2) is 30.4 Å². The van der Waals surface area contributed by atoms with E-state index in [4.69, 9.17) is 4.74 Å². The Morgan fingerprint density at radius 2 is 1.64 bits per heavy atom. The Kier molecular flexibility index (Phi) is 7.75. The first-order chi connectivity index (χ1) is 13.4. The molecule has 2 amide bonds. The van der Waals surface area contributed by atoms with Crippen LogP contribution in [0, 0.1) is 0 Å². The van der Waals surface area contributed by atoms with Crippen LogP contribution in [0.2, 0.25) is 0 Å². The number of anilines is 1. The van der Waals surface area contributed by atoms with Crippen molar-refractivity contribution in [3.8, 4) is 0 Å². The largest absolute Gasteiger partial charge is 0.449 e. The van der Waals surface area contributed by atoms with Crippen molar-refractivity contribution >= 4 is 23.5 Å². The van der Waals surface area contributed by atoms with Gasteiger partial charge in [0.1, 0.15) is 0 Å². The zero-order chi connectivity index (χ0) is 20.5. The highest BCUT2D eigenvalue weighted by molar-refractivity contribution is 5.93. The molecule has 0 unspecified atom stereocenters. The number of esters is 1. The molecule has 148 valence electrons. The maximum Gasteiger partial charge on any atom is 0.338 e. The first-order valence-electron chi connectivity index (χ1n) is 9.32. The number of amides is 2. The molecule has 0 aromatic heterocycles. The Hall–Kier alpha value is -3.15. The maximum absolute atomic E-state index is 12.3. The molecule has 0 saturated carbocycles. The molecule has 0 bridgehead atoms. The lowest BCUT2D eigenvalue weighted by Crippen LogP contribution is -2.38. The number of benzene rings is 2. The summed E-state index contributed by atoms with van der Waals surface area (Å²) < 4.78 is 5.25. The third-order valence-corrected chi connectivity index (χ3v) is 4.38. The lowest BCUT2D eigenvalue weighted by Gasteiger charge is -2.18. The van der Waals surface area contributed by atoms with Crippen molar-refractivity contribution in [3.63, 3.8) is 0 Å². The van der Waals surface area contributed by atoms with Crippen molar-refractivity contribution < 1.29 is 19.1 Å². The molecule has 2 atom stereocenters. The predicted octanol–water partition coefficient (Wildman–Crippen LogP) is 3.50. The van der Waals surface area contributed by atoms with Gasteiger partial charge in [0.2, 0.25) is 5.91 Å². The topological polar surface area (TPSA) is 84.5 Å². The van der Waals surface area contributed by atoms with Gasteiger partial charge < -0.3 is 15.4 Å². The lowest BCUT2D eigenvalue weighted by molar-refractivity contribution is -0.129. The number of rotatable bonds is 8. The van der Waals surface area contributed by atoms with Crippen molar-refractivity contribution in [2.45, 2.75) is 39.2 Å². The van der Waals surface area contributed by atoms with E-state index in [1.807, 2.05) is 30.3 Å². The van der Waals surface area contributed by atoms with Crippen LogP contribution in [0.3, 0.4) is 0 Å². The molecule has 28 heavy (non-hydrogen) atoms. The maximum atomic E-state index is 12.3. The van der Waals surface area contributed by atoms with Gasteiger partial charge in [-0.2, -0.15) is 0 Å². The fourth-order valence-corrected chi connectivity index (χ4v) is 2.77. The second-order valence-corrected chi connectivity index (χ2v) is 6.57. The molecule has 0 aliphatic carbocycles. The van der Waals surface area contributed by atoms with Gasteiger partial charge >= 0.3 is 5.97 Å². The molecule has 6 nitrogen and oxygen atoms in total. The highest BCUT2D eigenvalue weighted by atomic mass is 16.5. The summed E-state index contributed by atoms with van der Waals surface area (Å²) in [6, 6.07) is 16.3. The van der Waals surface area contributed by atoms with E-state index >= 15 is 0 Å². The number of carbonyl (C=O) groups excluding carboxylic acids is 3. The zero-order valence-electron chi connectivity index (χ0n) is 16.4. The van der Waals surface area contributed by atoms with E-state index in [2.05, 4.69) is 17.6 Å². The summed E-state index contributed by atoms with van der Waals surface area (Å²) in [6.07, 6.45) is -0.0187. The lowest BCUT2D eigenvalue weighted by atomic mass is 9.96. The summed E-state index contributed by atoms with van der Waals surface area (Å²) in [4.78, 5) is 35.5. The molecule has 2 aromatic carbocycles. The molecule has 0 aliphatic rings. The second-order valence-electron chi connectivity index (χ2n) is 6.57. The average Bonchev–Trinajstić information content (AvgIpc) is 2.69. The van der Waals surface area contributed by atoms with Gasteiger partial charge in [-0.25, -0.2) is 4.79 Å². The van der Waals surface area contributed by atoms with Gasteiger partial charge in [-0.15, -0.1) is 0 Å². The van der Waals surface area contributed by atoms with Gasteiger partial charge in [0, 0.05) is 25.1 Å². The predicted molar refractivity (Wildman–Crippen MR) is 108 cm³/mol. The number of ether oxygens (including phenoxy) is 1. The fraction of sp³-hybridized carbons (Fsp3) is 0.318. The van der Waals surface area contributed by atoms with Crippen LogP contribution in [0.5, 0.6) is 0 Å². The van der Waals surface area contributed by atoms with Crippen LogP contribution in [0.1, 0.15) is 49.0 Å². The van der Waals surface area contributed by atoms with Crippen LogP contribution < -0.4 is 10.6 Å². The smallest absolute Gasteiger partial charge is 0.338 e. The first kappa shape index (κ1) is 21.2. The van der Waals surface area contributed by atoms with E-state index in [9.17, 15) is 14.4 Å². The van der Waals surface area contributed by atoms with Gasteiger partial charge in [-0.1, -0.05) is 37.3 Å². The number of hydrogen-bond acceptors (Lipinski definition) is 4. The van der Waals surface area contributed by atoms with Crippen LogP contribution in [0.25, 0.3) is 0 Å². The monoisotopic (exact) mass is 382 g/mol. The van der Waals surface area contributed by atoms with Crippen LogP contribution in [-0.2, 0) is 14.3 Å². The molecule has 0 saturated heterocycles. The summed E-state index contributed by atoms with van der Waals surface area (Å²) in [5.74, 6) is -0.916. The third-order valence-electron chi connectivity index (χ3n) is 4.38. The molecule has 0 fully saturated rings. The summed E-state index contributed by atoms with van der Waals surface area (Å²) in [7, 11) is 0. The molecule has 2 rings (SSSR count). The van der Waals surface area contributed by atoms with Gasteiger partial charge in [-0.3, -0.25) is 9.59 Å². The Morgan fingerprint density at radius 1 is 1.00 bits per heavy atom. The van der Waals surface area contributed by atoms with E-state index in [0.717, 1.165) is 12.0 Å². The van der Waals surface area contributed by atoms with E-state index in [1.54, 1.807) is 31.2 Å². The van der Waals surface area contributed by atoms with E-state index in [0.29, 0.717) is 17.8 Å². The van der Waals surface area contributed by atoms with Crippen molar-refractivity contribution in [1.82, 2.24) is 5.32 Å². The highest BCUT2D eigenvalue weighted by Crippen LogP contribution is 2.18. The van der Waals surface area contributed by atoms with Gasteiger partial charge in [-0.05, 0) is 43.2 Å². The molecular formula is C22H26N2O4. The molecule has 2 N–H and O–H groups in total. The minimum Gasteiger partial charge on any atom is -0.449 e. The highest BCUT2D eigenvalue weighted by Gasteiger charge is 2.20. The van der Waals surface area contributed by atoms with Crippen molar-refractivity contribution in [3.05, 3.63) is 65.7 Å². The van der Waals surface area contributed by atoms with Crippen LogP contribution >= 0.6 is 0 Å². The van der Waals surface area contributed by atoms with Crippen molar-refractivity contribution in [2.75, 3.05) is 11.9 Å². The minimum atomic E-state index is -0.907. The van der Waals surface area contributed by atoms with Crippen molar-refractivity contribution in [2.24, 2.45) is 0 Å². The van der Waals surface area contributed by atoms with Crippen LogP contribution in [0.4, 0.5) is 5.69 Å². The SMILES string of the molecule is CC[C@@H](CNC(=O)[C@@H](C)OC(=O)c1ccc(NC(C)=O)cc1)c1ccccc1. The van der Waals surface area contributed by atoms with E-state index in [-0.39, 0.29) is 17.7 Å².